The number of carbonyl (C=O) groups excluding carboxylic acids is 1. The molecule has 0 unspecified atom stereocenters. The van der Waals surface area contributed by atoms with Crippen LogP contribution in [0.5, 0.6) is 11.5 Å². The molecule has 1 amide bonds. The number of aryl methyl sites for hydroxylation is 1. The summed E-state index contributed by atoms with van der Waals surface area (Å²) in [7, 11) is -3.99. The van der Waals surface area contributed by atoms with Crippen LogP contribution in [0.4, 0.5) is 0 Å². The van der Waals surface area contributed by atoms with Crippen LogP contribution in [0.2, 0.25) is 0 Å². The first-order valence-electron chi connectivity index (χ1n) is 12.2. The molecule has 2 aromatic rings. The Hall–Kier alpha value is -3.10. The maximum absolute atomic E-state index is 13.6. The molecule has 10 heteroatoms. The number of carbonyl (C=O) groups is 1. The predicted octanol–water partition coefficient (Wildman–Crippen LogP) is 1.89. The number of nitrogens with zero attached hydrogens (tertiary/aromatic N) is 1. The Balaban J connectivity index is 1.82. The van der Waals surface area contributed by atoms with E-state index in [0.717, 1.165) is 5.56 Å². The van der Waals surface area contributed by atoms with E-state index >= 15 is 0 Å². The van der Waals surface area contributed by atoms with Crippen molar-refractivity contribution in [1.82, 2.24) is 9.62 Å². The first kappa shape index (κ1) is 28.5. The largest absolute Gasteiger partial charge is 0.454 e. The molecular formula is C27H35N3O6S. The summed E-state index contributed by atoms with van der Waals surface area (Å²) in [5.41, 5.74) is 6.90. The Bertz CT molecular complexity index is 1200. The second kappa shape index (κ2) is 12.9. The minimum absolute atomic E-state index is 0.0163. The third kappa shape index (κ3) is 7.69. The predicted molar refractivity (Wildman–Crippen MR) is 140 cm³/mol. The van der Waals surface area contributed by atoms with Gasteiger partial charge in [-0.25, -0.2) is 8.42 Å². The molecule has 1 aliphatic rings. The fourth-order valence-corrected chi connectivity index (χ4v) is 5.67. The van der Waals surface area contributed by atoms with Gasteiger partial charge in [0.15, 0.2) is 11.5 Å². The zero-order valence-electron chi connectivity index (χ0n) is 21.2. The number of ether oxygens (including phenoxy) is 2. The first-order valence-corrected chi connectivity index (χ1v) is 13.7. The highest BCUT2D eigenvalue weighted by atomic mass is 32.2. The van der Waals surface area contributed by atoms with Crippen molar-refractivity contribution in [2.24, 2.45) is 11.7 Å². The van der Waals surface area contributed by atoms with E-state index in [1.807, 2.05) is 44.2 Å². The summed E-state index contributed by atoms with van der Waals surface area (Å²) in [5.74, 6) is 2.67. The van der Waals surface area contributed by atoms with Crippen molar-refractivity contribution in [3.8, 4) is 23.8 Å². The van der Waals surface area contributed by atoms with Crippen molar-refractivity contribution in [2.75, 3.05) is 19.9 Å². The van der Waals surface area contributed by atoms with Crippen LogP contribution in [0.15, 0.2) is 53.4 Å². The normalized spacial score (nSPS) is 15.3. The maximum atomic E-state index is 13.6. The zero-order chi connectivity index (χ0) is 27.0. The number of aliphatic hydroxyl groups is 1. The molecule has 0 aliphatic carbocycles. The zero-order valence-corrected chi connectivity index (χ0v) is 22.0. The number of nitrogens with two attached hydrogens (primary N) is 1. The summed E-state index contributed by atoms with van der Waals surface area (Å²) in [6.45, 7) is 3.75. The number of terminal acetylenes is 1. The number of rotatable bonds is 13. The van der Waals surface area contributed by atoms with Crippen molar-refractivity contribution in [3.05, 3.63) is 54.1 Å². The number of hydrogen-bond acceptors (Lipinski definition) is 7. The van der Waals surface area contributed by atoms with Crippen LogP contribution in [-0.2, 0) is 21.2 Å². The highest BCUT2D eigenvalue weighted by Gasteiger charge is 2.32. The van der Waals surface area contributed by atoms with E-state index in [4.69, 9.17) is 21.6 Å². The van der Waals surface area contributed by atoms with Crippen molar-refractivity contribution in [2.45, 2.75) is 56.2 Å². The van der Waals surface area contributed by atoms with Crippen LogP contribution in [0.3, 0.4) is 0 Å². The average molecular weight is 530 g/mol. The molecule has 3 rings (SSSR count). The lowest BCUT2D eigenvalue weighted by Crippen LogP contribution is -2.53. The van der Waals surface area contributed by atoms with E-state index in [1.165, 1.54) is 16.4 Å². The third-order valence-corrected chi connectivity index (χ3v) is 7.82. The minimum Gasteiger partial charge on any atom is -0.454 e. The molecule has 4 N–H and O–H groups in total. The molecule has 2 aromatic carbocycles. The lowest BCUT2D eigenvalue weighted by Gasteiger charge is -2.31. The lowest BCUT2D eigenvalue weighted by molar-refractivity contribution is -0.124. The van der Waals surface area contributed by atoms with Gasteiger partial charge >= 0.3 is 0 Å². The Morgan fingerprint density at radius 2 is 1.86 bits per heavy atom. The van der Waals surface area contributed by atoms with E-state index in [2.05, 4.69) is 11.2 Å². The highest BCUT2D eigenvalue weighted by molar-refractivity contribution is 7.89. The maximum Gasteiger partial charge on any atom is 0.243 e. The van der Waals surface area contributed by atoms with Crippen molar-refractivity contribution in [1.29, 1.82) is 0 Å². The summed E-state index contributed by atoms with van der Waals surface area (Å²) in [4.78, 5) is 12.7. The summed E-state index contributed by atoms with van der Waals surface area (Å²) < 4.78 is 39.1. The van der Waals surface area contributed by atoms with Crippen LogP contribution in [0, 0.1) is 18.3 Å². The highest BCUT2D eigenvalue weighted by Crippen LogP contribution is 2.34. The van der Waals surface area contributed by atoms with Crippen LogP contribution >= 0.6 is 0 Å². The Morgan fingerprint density at radius 3 is 2.54 bits per heavy atom. The second-order valence-electron chi connectivity index (χ2n) is 9.45. The average Bonchev–Trinajstić information content (AvgIpc) is 3.34. The minimum atomic E-state index is -3.99. The van der Waals surface area contributed by atoms with Gasteiger partial charge in [0.1, 0.15) is 0 Å². The molecule has 0 radical (unpaired) electrons. The fourth-order valence-electron chi connectivity index (χ4n) is 4.04. The summed E-state index contributed by atoms with van der Waals surface area (Å²) in [6.07, 6.45) is 5.07. The summed E-state index contributed by atoms with van der Waals surface area (Å²) in [6, 6.07) is 12.4. The van der Waals surface area contributed by atoms with Gasteiger partial charge in [0.25, 0.3) is 0 Å². The van der Waals surface area contributed by atoms with E-state index in [0.29, 0.717) is 24.3 Å². The van der Waals surface area contributed by atoms with Crippen LogP contribution in [0.25, 0.3) is 0 Å². The number of sulfonamides is 1. The van der Waals surface area contributed by atoms with Gasteiger partial charge in [-0.2, -0.15) is 4.31 Å². The lowest BCUT2D eigenvalue weighted by atomic mass is 10.00. The topological polar surface area (TPSA) is 131 Å². The molecule has 1 aliphatic heterocycles. The number of aliphatic hydroxyl groups excluding tert-OH is 1. The van der Waals surface area contributed by atoms with E-state index in [9.17, 15) is 18.3 Å². The summed E-state index contributed by atoms with van der Waals surface area (Å²) >= 11 is 0. The van der Waals surface area contributed by atoms with Gasteiger partial charge in [-0.15, -0.1) is 12.3 Å². The van der Waals surface area contributed by atoms with E-state index in [-0.39, 0.29) is 37.1 Å². The number of nitrogens with one attached hydrogen (secondary N) is 1. The SMILES string of the molecule is C#CC[C@H](N)C(=O)N[C@@H](CCc1ccccc1)[C@H](O)CN(CC(C)C)S(=O)(=O)c1ccc2c(c1)OCO2. The third-order valence-electron chi connectivity index (χ3n) is 5.99. The molecule has 3 atom stereocenters. The quantitative estimate of drug-likeness (QED) is 0.338. The van der Waals surface area contributed by atoms with Crippen LogP contribution in [-0.4, -0.2) is 61.8 Å². The molecule has 37 heavy (non-hydrogen) atoms. The molecule has 0 spiro atoms. The number of fused-ring (bicyclic) bond motifs is 1. The van der Waals surface area contributed by atoms with Gasteiger partial charge in [-0.3, -0.25) is 4.79 Å². The van der Waals surface area contributed by atoms with Crippen molar-refractivity contribution >= 4 is 15.9 Å². The first-order chi connectivity index (χ1) is 17.6. The molecule has 0 saturated carbocycles. The molecule has 200 valence electrons. The second-order valence-corrected chi connectivity index (χ2v) is 11.4. The number of amides is 1. The summed E-state index contributed by atoms with van der Waals surface area (Å²) in [5, 5.41) is 14.0. The van der Waals surface area contributed by atoms with E-state index in [1.54, 1.807) is 6.07 Å². The molecule has 1 heterocycles. The smallest absolute Gasteiger partial charge is 0.243 e. The Kier molecular flexibility index (Phi) is 9.94. The molecule has 0 fully saturated rings. The van der Waals surface area contributed by atoms with Gasteiger partial charge in [-0.1, -0.05) is 44.2 Å². The van der Waals surface area contributed by atoms with Gasteiger partial charge in [-0.05, 0) is 36.5 Å². The van der Waals surface area contributed by atoms with Crippen molar-refractivity contribution in [3.63, 3.8) is 0 Å². The number of hydrogen-bond donors (Lipinski definition) is 3. The monoisotopic (exact) mass is 529 g/mol. The van der Waals surface area contributed by atoms with Gasteiger partial charge in [0, 0.05) is 25.6 Å². The van der Waals surface area contributed by atoms with Crippen LogP contribution in [0.1, 0.15) is 32.3 Å². The van der Waals surface area contributed by atoms with E-state index < -0.39 is 34.1 Å². The Labute approximate surface area is 219 Å². The van der Waals surface area contributed by atoms with Gasteiger partial charge in [0.05, 0.1) is 23.1 Å². The Morgan fingerprint density at radius 1 is 1.16 bits per heavy atom. The standard InChI is InChI=1S/C27H35N3O6S/c1-4-8-22(28)27(32)29-23(13-11-20-9-6-5-7-10-20)24(31)17-30(16-19(2)3)37(33,34)21-12-14-25-26(15-21)36-18-35-25/h1,5-7,9-10,12,14-15,19,22-24,31H,8,11,13,16-18,28H2,2-3H3,(H,29,32)/t22-,23-,24+/m0/s1. The van der Waals surface area contributed by atoms with Gasteiger partial charge < -0.3 is 25.6 Å². The van der Waals surface area contributed by atoms with Gasteiger partial charge in [0.2, 0.25) is 22.7 Å². The molecular weight excluding hydrogens is 494 g/mol. The molecule has 0 aromatic heterocycles. The van der Waals surface area contributed by atoms with Crippen molar-refractivity contribution < 1.29 is 27.8 Å². The molecule has 0 bridgehead atoms. The molecule has 0 saturated heterocycles. The molecule has 9 nitrogen and oxygen atoms in total. The number of benzene rings is 2. The van der Waals surface area contributed by atoms with Crippen LogP contribution < -0.4 is 20.5 Å². The fraction of sp³-hybridized carbons (Fsp3) is 0.444.